The zero-order valence-corrected chi connectivity index (χ0v) is 16.5. The van der Waals surface area contributed by atoms with Gasteiger partial charge in [-0.2, -0.15) is 0 Å². The number of nitrogens with one attached hydrogen (secondary N) is 1. The Morgan fingerprint density at radius 1 is 1.36 bits per heavy atom. The molecule has 0 radical (unpaired) electrons. The number of aryl methyl sites for hydroxylation is 1. The van der Waals surface area contributed by atoms with Crippen molar-refractivity contribution in [1.29, 1.82) is 0 Å². The molecule has 3 aromatic rings. The number of pyridine rings is 1. The third-order valence-corrected chi connectivity index (χ3v) is 4.36. The number of hydrogen-bond donors (Lipinski definition) is 1. The van der Waals surface area contributed by atoms with Gasteiger partial charge >= 0.3 is 0 Å². The second kappa shape index (κ2) is 8.24. The van der Waals surface area contributed by atoms with Crippen molar-refractivity contribution >= 4 is 5.91 Å². The van der Waals surface area contributed by atoms with Gasteiger partial charge in [0.1, 0.15) is 12.4 Å². The Bertz CT molecular complexity index is 895. The minimum Gasteiger partial charge on any atom is -0.484 e. The quantitative estimate of drug-likeness (QED) is 0.674. The molecule has 0 fully saturated rings. The lowest BCUT2D eigenvalue weighted by Gasteiger charge is -2.31. The van der Waals surface area contributed by atoms with E-state index in [4.69, 9.17) is 9.26 Å². The van der Waals surface area contributed by atoms with Gasteiger partial charge < -0.3 is 19.1 Å². The van der Waals surface area contributed by atoms with Crippen LogP contribution in [0.1, 0.15) is 42.7 Å². The number of aromatic nitrogens is 4. The molecule has 3 rings (SSSR count). The molecule has 28 heavy (non-hydrogen) atoms. The summed E-state index contributed by atoms with van der Waals surface area (Å²) in [6.45, 7) is 8.92. The second-order valence-corrected chi connectivity index (χ2v) is 7.75. The van der Waals surface area contributed by atoms with Gasteiger partial charge in [0, 0.05) is 30.7 Å². The maximum Gasteiger partial charge on any atom is 0.273 e. The standard InChI is InChI=1S/C20H25N5O3/c1-14-5-6-15(10-22-14)27-12-16-9-17(24-28-16)19(26)23-18(20(2,3)4)11-25-8-7-21-13-25/h5-10,13,18H,11-12H2,1-4H3,(H,23,26). The van der Waals surface area contributed by atoms with E-state index in [9.17, 15) is 4.79 Å². The zero-order chi connectivity index (χ0) is 20.1. The molecule has 3 heterocycles. The highest BCUT2D eigenvalue weighted by Crippen LogP contribution is 2.21. The Hall–Kier alpha value is -3.16. The maximum absolute atomic E-state index is 12.6. The van der Waals surface area contributed by atoms with E-state index in [1.165, 1.54) is 0 Å². The van der Waals surface area contributed by atoms with Crippen molar-refractivity contribution in [3.8, 4) is 5.75 Å². The van der Waals surface area contributed by atoms with E-state index in [-0.39, 0.29) is 29.7 Å². The van der Waals surface area contributed by atoms with Gasteiger partial charge in [-0.3, -0.25) is 9.78 Å². The van der Waals surface area contributed by atoms with Crippen LogP contribution in [0.25, 0.3) is 0 Å². The molecule has 1 unspecified atom stereocenters. The smallest absolute Gasteiger partial charge is 0.273 e. The average molecular weight is 383 g/mol. The van der Waals surface area contributed by atoms with Crippen LogP contribution in [0.5, 0.6) is 5.75 Å². The molecule has 8 heteroatoms. The molecule has 148 valence electrons. The van der Waals surface area contributed by atoms with Crippen LogP contribution in [0.15, 0.2) is 47.6 Å². The molecule has 0 aliphatic rings. The Labute approximate surface area is 163 Å². The van der Waals surface area contributed by atoms with E-state index in [1.54, 1.807) is 24.8 Å². The SMILES string of the molecule is Cc1ccc(OCc2cc(C(=O)NC(Cn3ccnc3)C(C)(C)C)no2)cn1. The first-order chi connectivity index (χ1) is 13.3. The van der Waals surface area contributed by atoms with Crippen molar-refractivity contribution in [2.24, 2.45) is 5.41 Å². The number of ether oxygens (including phenoxy) is 1. The highest BCUT2D eigenvalue weighted by Gasteiger charge is 2.28. The van der Waals surface area contributed by atoms with E-state index >= 15 is 0 Å². The largest absolute Gasteiger partial charge is 0.484 e. The summed E-state index contributed by atoms with van der Waals surface area (Å²) in [5, 5.41) is 6.92. The molecule has 0 saturated heterocycles. The van der Waals surface area contributed by atoms with Crippen molar-refractivity contribution in [3.63, 3.8) is 0 Å². The molecule has 0 aromatic carbocycles. The third-order valence-electron chi connectivity index (χ3n) is 4.36. The molecule has 1 amide bonds. The van der Waals surface area contributed by atoms with E-state index in [1.807, 2.05) is 29.8 Å². The minimum absolute atomic E-state index is 0.107. The van der Waals surface area contributed by atoms with Crippen molar-refractivity contribution < 1.29 is 14.1 Å². The number of nitrogens with zero attached hydrogens (tertiary/aromatic N) is 4. The first-order valence-corrected chi connectivity index (χ1v) is 9.09. The molecule has 1 atom stereocenters. The third kappa shape index (κ3) is 5.18. The van der Waals surface area contributed by atoms with Crippen LogP contribution in [0.2, 0.25) is 0 Å². The fourth-order valence-electron chi connectivity index (χ4n) is 2.56. The molecule has 0 aliphatic carbocycles. The number of carbonyl (C=O) groups is 1. The summed E-state index contributed by atoms with van der Waals surface area (Å²) in [6.07, 6.45) is 6.96. The second-order valence-electron chi connectivity index (χ2n) is 7.75. The summed E-state index contributed by atoms with van der Waals surface area (Å²) in [5.41, 5.74) is 0.990. The van der Waals surface area contributed by atoms with Gasteiger partial charge in [-0.1, -0.05) is 25.9 Å². The van der Waals surface area contributed by atoms with Crippen LogP contribution in [-0.2, 0) is 13.2 Å². The van der Waals surface area contributed by atoms with E-state index in [0.717, 1.165) is 5.69 Å². The summed E-state index contributed by atoms with van der Waals surface area (Å²) in [6, 6.07) is 5.18. The van der Waals surface area contributed by atoms with Gasteiger partial charge in [-0.05, 0) is 24.5 Å². The highest BCUT2D eigenvalue weighted by molar-refractivity contribution is 5.92. The molecule has 0 saturated carbocycles. The molecule has 0 bridgehead atoms. The van der Waals surface area contributed by atoms with Crippen LogP contribution < -0.4 is 10.1 Å². The lowest BCUT2D eigenvalue weighted by atomic mass is 9.86. The monoisotopic (exact) mass is 383 g/mol. The molecule has 8 nitrogen and oxygen atoms in total. The Balaban J connectivity index is 1.61. The van der Waals surface area contributed by atoms with Crippen LogP contribution in [0, 0.1) is 12.3 Å². The van der Waals surface area contributed by atoms with Gasteiger partial charge in [0.15, 0.2) is 11.5 Å². The molecule has 3 aromatic heterocycles. The van der Waals surface area contributed by atoms with Crippen molar-refractivity contribution in [3.05, 3.63) is 60.3 Å². The Kier molecular flexibility index (Phi) is 5.77. The highest BCUT2D eigenvalue weighted by atomic mass is 16.5. The fourth-order valence-corrected chi connectivity index (χ4v) is 2.56. The topological polar surface area (TPSA) is 95.1 Å². The molecule has 1 N–H and O–H groups in total. The normalized spacial score (nSPS) is 12.6. The minimum atomic E-state index is -0.285. The maximum atomic E-state index is 12.6. The predicted molar refractivity (Wildman–Crippen MR) is 103 cm³/mol. The molecule has 0 aliphatic heterocycles. The summed E-state index contributed by atoms with van der Waals surface area (Å²) in [4.78, 5) is 20.9. The number of hydrogen-bond acceptors (Lipinski definition) is 6. The van der Waals surface area contributed by atoms with Crippen molar-refractivity contribution in [1.82, 2.24) is 25.0 Å². The molecular formula is C20H25N5O3. The number of imidazole rings is 1. The summed E-state index contributed by atoms with van der Waals surface area (Å²) < 4.78 is 12.8. The summed E-state index contributed by atoms with van der Waals surface area (Å²) in [5.74, 6) is 0.806. The average Bonchev–Trinajstić information content (AvgIpc) is 3.31. The van der Waals surface area contributed by atoms with Crippen LogP contribution in [0.3, 0.4) is 0 Å². The van der Waals surface area contributed by atoms with E-state index < -0.39 is 0 Å². The number of carbonyl (C=O) groups excluding carboxylic acids is 1. The Morgan fingerprint density at radius 3 is 2.82 bits per heavy atom. The zero-order valence-electron chi connectivity index (χ0n) is 16.5. The van der Waals surface area contributed by atoms with Gasteiger partial charge in [-0.25, -0.2) is 4.98 Å². The molecule has 0 spiro atoms. The Morgan fingerprint density at radius 2 is 2.18 bits per heavy atom. The van der Waals surface area contributed by atoms with Gasteiger partial charge in [0.25, 0.3) is 5.91 Å². The van der Waals surface area contributed by atoms with Crippen LogP contribution >= 0.6 is 0 Å². The van der Waals surface area contributed by atoms with Crippen molar-refractivity contribution in [2.45, 2.75) is 46.9 Å². The fraction of sp³-hybridized carbons (Fsp3) is 0.400. The van der Waals surface area contributed by atoms with Crippen molar-refractivity contribution in [2.75, 3.05) is 0 Å². The lowest BCUT2D eigenvalue weighted by Crippen LogP contribution is -2.46. The lowest BCUT2D eigenvalue weighted by molar-refractivity contribution is 0.0883. The van der Waals surface area contributed by atoms with E-state index in [0.29, 0.717) is 18.1 Å². The molecular weight excluding hydrogens is 358 g/mol. The summed E-state index contributed by atoms with van der Waals surface area (Å²) >= 11 is 0. The summed E-state index contributed by atoms with van der Waals surface area (Å²) in [7, 11) is 0. The van der Waals surface area contributed by atoms with Gasteiger partial charge in [0.2, 0.25) is 0 Å². The number of rotatable bonds is 7. The van der Waals surface area contributed by atoms with E-state index in [2.05, 4.69) is 41.2 Å². The first-order valence-electron chi connectivity index (χ1n) is 9.09. The van der Waals surface area contributed by atoms with Gasteiger partial charge in [-0.15, -0.1) is 0 Å². The predicted octanol–water partition coefficient (Wildman–Crippen LogP) is 3.00. The van der Waals surface area contributed by atoms with Crippen LogP contribution in [-0.4, -0.2) is 31.6 Å². The van der Waals surface area contributed by atoms with Gasteiger partial charge in [0.05, 0.1) is 18.6 Å². The van der Waals surface area contributed by atoms with Crippen LogP contribution in [0.4, 0.5) is 0 Å². The first kappa shape index (κ1) is 19.6. The number of amides is 1.